The van der Waals surface area contributed by atoms with E-state index < -0.39 is 24.0 Å². The van der Waals surface area contributed by atoms with Gasteiger partial charge in [0.2, 0.25) is 5.91 Å². The molecule has 0 saturated carbocycles. The highest BCUT2D eigenvalue weighted by Crippen LogP contribution is 2.08. The summed E-state index contributed by atoms with van der Waals surface area (Å²) in [7, 11) is 0. The number of aliphatic carboxylic acids is 1. The number of amides is 1. The lowest BCUT2D eigenvalue weighted by molar-refractivity contribution is -0.143. The maximum absolute atomic E-state index is 11.4. The fraction of sp³-hybridized carbons (Fsp3) is 0.800. The molecule has 1 amide bonds. The number of carbonyl (C=O) groups excluding carboxylic acids is 1. The average Bonchev–Trinajstić information content (AvgIpc) is 2.22. The molecule has 0 spiro atoms. The van der Waals surface area contributed by atoms with Crippen LogP contribution in [0.25, 0.3) is 0 Å². The van der Waals surface area contributed by atoms with Crippen LogP contribution in [0.1, 0.15) is 33.6 Å². The van der Waals surface area contributed by atoms with Crippen LogP contribution in [0.5, 0.6) is 0 Å². The highest BCUT2D eigenvalue weighted by molar-refractivity contribution is 5.86. The number of rotatable bonds is 6. The zero-order valence-electron chi connectivity index (χ0n) is 9.49. The van der Waals surface area contributed by atoms with Crippen molar-refractivity contribution in [2.45, 2.75) is 45.7 Å². The van der Waals surface area contributed by atoms with Crippen molar-refractivity contribution in [1.29, 1.82) is 0 Å². The molecule has 0 aromatic carbocycles. The largest absolute Gasteiger partial charge is 0.480 e. The second kappa shape index (κ2) is 6.40. The van der Waals surface area contributed by atoms with Gasteiger partial charge in [-0.15, -0.1) is 0 Å². The third-order valence-electron chi connectivity index (χ3n) is 2.55. The molecule has 0 aliphatic carbocycles. The van der Waals surface area contributed by atoms with Crippen LogP contribution in [0.15, 0.2) is 0 Å². The van der Waals surface area contributed by atoms with Gasteiger partial charge >= 0.3 is 5.97 Å². The first-order valence-corrected chi connectivity index (χ1v) is 5.22. The minimum atomic E-state index is -1.01. The molecule has 0 fully saturated rings. The smallest absolute Gasteiger partial charge is 0.326 e. The number of nitrogens with two attached hydrogens (primary N) is 1. The van der Waals surface area contributed by atoms with E-state index in [-0.39, 0.29) is 5.92 Å². The number of nitrogens with one attached hydrogen (secondary N) is 1. The third-order valence-corrected chi connectivity index (χ3v) is 2.55. The fourth-order valence-corrected chi connectivity index (χ4v) is 1.13. The second-order valence-electron chi connectivity index (χ2n) is 3.72. The predicted octanol–water partition coefficient (Wildman–Crippen LogP) is 0.339. The summed E-state index contributed by atoms with van der Waals surface area (Å²) in [4.78, 5) is 22.3. The lowest BCUT2D eigenvalue weighted by Crippen LogP contribution is -2.50. The summed E-state index contributed by atoms with van der Waals surface area (Å²) < 4.78 is 0. The van der Waals surface area contributed by atoms with Gasteiger partial charge in [-0.2, -0.15) is 0 Å². The van der Waals surface area contributed by atoms with Crippen LogP contribution < -0.4 is 11.1 Å². The van der Waals surface area contributed by atoms with Crippen molar-refractivity contribution in [1.82, 2.24) is 5.32 Å². The van der Waals surface area contributed by atoms with E-state index in [0.29, 0.717) is 12.8 Å². The van der Waals surface area contributed by atoms with Gasteiger partial charge in [0.15, 0.2) is 0 Å². The van der Waals surface area contributed by atoms with E-state index in [1.807, 2.05) is 6.92 Å². The molecule has 0 rings (SSSR count). The molecular formula is C10H20N2O3. The van der Waals surface area contributed by atoms with Crippen molar-refractivity contribution >= 4 is 11.9 Å². The Kier molecular flexibility index (Phi) is 5.93. The van der Waals surface area contributed by atoms with Crippen molar-refractivity contribution in [3.8, 4) is 0 Å². The first-order chi connectivity index (χ1) is 6.93. The maximum Gasteiger partial charge on any atom is 0.326 e. The molecule has 0 unspecified atom stereocenters. The quantitative estimate of drug-likeness (QED) is 0.597. The Hall–Kier alpha value is -1.10. The van der Waals surface area contributed by atoms with Crippen LogP contribution in [-0.4, -0.2) is 29.1 Å². The Morgan fingerprint density at radius 3 is 2.20 bits per heavy atom. The molecule has 15 heavy (non-hydrogen) atoms. The first kappa shape index (κ1) is 13.9. The van der Waals surface area contributed by atoms with Gasteiger partial charge in [0.1, 0.15) is 6.04 Å². The molecule has 5 heteroatoms. The molecule has 4 N–H and O–H groups in total. The molecule has 5 nitrogen and oxygen atoms in total. The zero-order valence-corrected chi connectivity index (χ0v) is 9.49. The van der Waals surface area contributed by atoms with Gasteiger partial charge in [-0.1, -0.05) is 27.2 Å². The monoisotopic (exact) mass is 216 g/mol. The molecule has 0 aromatic rings. The normalized spacial score (nSPS) is 16.5. The molecule has 0 heterocycles. The number of carbonyl (C=O) groups is 2. The summed E-state index contributed by atoms with van der Waals surface area (Å²) in [6, 6.07) is -1.48. The lowest BCUT2D eigenvalue weighted by atomic mass is 9.99. The van der Waals surface area contributed by atoms with Crippen molar-refractivity contribution < 1.29 is 14.7 Å². The van der Waals surface area contributed by atoms with Crippen molar-refractivity contribution in [3.05, 3.63) is 0 Å². The van der Waals surface area contributed by atoms with E-state index in [1.54, 1.807) is 13.8 Å². The van der Waals surface area contributed by atoms with E-state index in [2.05, 4.69) is 5.32 Å². The fourth-order valence-electron chi connectivity index (χ4n) is 1.13. The summed E-state index contributed by atoms with van der Waals surface area (Å²) >= 11 is 0. The zero-order chi connectivity index (χ0) is 12.0. The number of carboxylic acid groups (broad SMARTS) is 1. The minimum absolute atomic E-state index is 0.101. The maximum atomic E-state index is 11.4. The number of hydrogen-bond acceptors (Lipinski definition) is 3. The predicted molar refractivity (Wildman–Crippen MR) is 57.3 cm³/mol. The topological polar surface area (TPSA) is 92.4 Å². The standard InChI is InChI=1S/C10H20N2O3/c1-4-6(3)8(10(14)15)12-9(13)7(11)5-2/h6-8H,4-5,11H2,1-3H3,(H,12,13)(H,14,15)/t6-,7+,8+/m1/s1. The molecule has 0 aliphatic rings. The van der Waals surface area contributed by atoms with Gasteiger partial charge in [-0.05, 0) is 12.3 Å². The first-order valence-electron chi connectivity index (χ1n) is 5.22. The van der Waals surface area contributed by atoms with Gasteiger partial charge in [0.25, 0.3) is 0 Å². The lowest BCUT2D eigenvalue weighted by Gasteiger charge is -2.21. The van der Waals surface area contributed by atoms with E-state index in [0.717, 1.165) is 0 Å². The molecule has 0 radical (unpaired) electrons. The van der Waals surface area contributed by atoms with Gasteiger partial charge in [0, 0.05) is 0 Å². The SMILES string of the molecule is CC[C@@H](C)[C@H](NC(=O)[C@@H](N)CC)C(=O)O. The molecular weight excluding hydrogens is 196 g/mol. The summed E-state index contributed by atoms with van der Waals surface area (Å²) in [5.74, 6) is -1.51. The second-order valence-corrected chi connectivity index (χ2v) is 3.72. The summed E-state index contributed by atoms with van der Waals surface area (Å²) in [5.41, 5.74) is 5.50. The van der Waals surface area contributed by atoms with Crippen molar-refractivity contribution in [2.75, 3.05) is 0 Å². The third kappa shape index (κ3) is 4.29. The van der Waals surface area contributed by atoms with Gasteiger partial charge < -0.3 is 16.2 Å². The minimum Gasteiger partial charge on any atom is -0.480 e. The molecule has 3 atom stereocenters. The van der Waals surface area contributed by atoms with Crippen LogP contribution >= 0.6 is 0 Å². The van der Waals surface area contributed by atoms with Gasteiger partial charge in [-0.3, -0.25) is 4.79 Å². The van der Waals surface area contributed by atoms with Gasteiger partial charge in [0.05, 0.1) is 6.04 Å². The Labute approximate surface area is 90.0 Å². The van der Waals surface area contributed by atoms with Crippen LogP contribution in [0.2, 0.25) is 0 Å². The average molecular weight is 216 g/mol. The Balaban J connectivity index is 4.42. The van der Waals surface area contributed by atoms with E-state index in [4.69, 9.17) is 10.8 Å². The van der Waals surface area contributed by atoms with E-state index in [1.165, 1.54) is 0 Å². The van der Waals surface area contributed by atoms with E-state index in [9.17, 15) is 9.59 Å². The summed E-state index contributed by atoms with van der Waals surface area (Å²) in [6.45, 7) is 5.45. The van der Waals surface area contributed by atoms with Crippen molar-refractivity contribution in [2.24, 2.45) is 11.7 Å². The van der Waals surface area contributed by atoms with Crippen LogP contribution in [0.3, 0.4) is 0 Å². The summed E-state index contributed by atoms with van der Waals surface area (Å²) in [6.07, 6.45) is 1.19. The van der Waals surface area contributed by atoms with Crippen LogP contribution in [0, 0.1) is 5.92 Å². The van der Waals surface area contributed by atoms with Crippen LogP contribution in [-0.2, 0) is 9.59 Å². The number of carboxylic acids is 1. The Morgan fingerprint density at radius 2 is 1.87 bits per heavy atom. The van der Waals surface area contributed by atoms with Crippen LogP contribution in [0.4, 0.5) is 0 Å². The van der Waals surface area contributed by atoms with Gasteiger partial charge in [-0.25, -0.2) is 4.79 Å². The molecule has 0 aromatic heterocycles. The number of hydrogen-bond donors (Lipinski definition) is 3. The summed E-state index contributed by atoms with van der Waals surface area (Å²) in [5, 5.41) is 11.4. The molecule has 0 saturated heterocycles. The molecule has 0 bridgehead atoms. The highest BCUT2D eigenvalue weighted by Gasteiger charge is 2.26. The van der Waals surface area contributed by atoms with E-state index >= 15 is 0 Å². The van der Waals surface area contributed by atoms with Crippen molar-refractivity contribution in [3.63, 3.8) is 0 Å². The molecule has 0 aliphatic heterocycles. The highest BCUT2D eigenvalue weighted by atomic mass is 16.4. The Morgan fingerprint density at radius 1 is 1.33 bits per heavy atom. The molecule has 88 valence electrons. The Bertz CT molecular complexity index is 231.